The van der Waals surface area contributed by atoms with Gasteiger partial charge in [0.2, 0.25) is 5.91 Å². The van der Waals surface area contributed by atoms with Gasteiger partial charge in [0.15, 0.2) is 5.82 Å². The molecule has 1 aromatic carbocycles. The van der Waals surface area contributed by atoms with Crippen LogP contribution >= 0.6 is 0 Å². The van der Waals surface area contributed by atoms with Crippen molar-refractivity contribution in [2.24, 2.45) is 5.92 Å². The minimum atomic E-state index is -0.0552. The van der Waals surface area contributed by atoms with Gasteiger partial charge < -0.3 is 15.0 Å². The molecule has 1 N–H and O–H groups in total. The molecule has 0 spiro atoms. The van der Waals surface area contributed by atoms with Crippen molar-refractivity contribution in [2.45, 2.75) is 6.54 Å². The van der Waals surface area contributed by atoms with Crippen LogP contribution in [0, 0.1) is 5.92 Å². The third kappa shape index (κ3) is 3.71. The molecule has 9 nitrogen and oxygen atoms in total. The Kier molecular flexibility index (Phi) is 4.65. The van der Waals surface area contributed by atoms with Gasteiger partial charge in [0, 0.05) is 25.7 Å². The van der Waals surface area contributed by atoms with E-state index in [1.54, 1.807) is 18.1 Å². The molecule has 0 atom stereocenters. The lowest BCUT2D eigenvalue weighted by molar-refractivity contribution is -0.125. The van der Waals surface area contributed by atoms with Crippen LogP contribution in [0.2, 0.25) is 0 Å². The normalized spacial score (nSPS) is 13.9. The summed E-state index contributed by atoms with van der Waals surface area (Å²) in [5.41, 5.74) is 1.01. The van der Waals surface area contributed by atoms with Gasteiger partial charge in [0.05, 0.1) is 13.0 Å². The minimum absolute atomic E-state index is 0.0413. The van der Waals surface area contributed by atoms with E-state index >= 15 is 0 Å². The topological polar surface area (TPSA) is 98.1 Å². The van der Waals surface area contributed by atoms with E-state index in [0.29, 0.717) is 25.5 Å². The van der Waals surface area contributed by atoms with Crippen molar-refractivity contribution in [3.63, 3.8) is 0 Å². The van der Waals surface area contributed by atoms with Crippen LogP contribution in [-0.2, 0) is 11.3 Å². The Bertz CT molecular complexity index is 923. The Morgan fingerprint density at radius 3 is 2.85 bits per heavy atom. The zero-order valence-electron chi connectivity index (χ0n) is 14.8. The fourth-order valence-corrected chi connectivity index (χ4v) is 2.91. The number of hydrogen-bond acceptors (Lipinski definition) is 7. The lowest BCUT2D eigenvalue weighted by Crippen LogP contribution is -2.54. The lowest BCUT2D eigenvalue weighted by Gasteiger charge is -2.39. The predicted octanol–water partition coefficient (Wildman–Crippen LogP) is 0.818. The van der Waals surface area contributed by atoms with Gasteiger partial charge in [-0.15, -0.1) is 0 Å². The molecule has 0 saturated carbocycles. The second kappa shape index (κ2) is 7.40. The van der Waals surface area contributed by atoms with Crippen LogP contribution in [-0.4, -0.2) is 50.8 Å². The summed E-state index contributed by atoms with van der Waals surface area (Å²) in [6.07, 6.45) is 4.52. The minimum Gasteiger partial charge on any atom is -0.497 e. The quantitative estimate of drug-likeness (QED) is 0.690. The second-order valence-corrected chi connectivity index (χ2v) is 6.25. The highest BCUT2D eigenvalue weighted by atomic mass is 16.5. The smallest absolute Gasteiger partial charge is 0.226 e. The van der Waals surface area contributed by atoms with Crippen LogP contribution in [0.25, 0.3) is 5.82 Å². The number of anilines is 1. The molecule has 0 aliphatic carbocycles. The number of carbonyl (C=O) groups is 1. The molecule has 27 heavy (non-hydrogen) atoms. The number of nitrogens with zero attached hydrogens (tertiary/aromatic N) is 6. The van der Waals surface area contributed by atoms with Gasteiger partial charge in [0.1, 0.15) is 30.5 Å². The number of hydrogen-bond donors (Lipinski definition) is 1. The highest BCUT2D eigenvalue weighted by Gasteiger charge is 2.33. The number of rotatable bonds is 6. The number of amides is 1. The van der Waals surface area contributed by atoms with Crippen molar-refractivity contribution < 1.29 is 9.53 Å². The summed E-state index contributed by atoms with van der Waals surface area (Å²) in [5.74, 6) is 2.18. The summed E-state index contributed by atoms with van der Waals surface area (Å²) in [6, 6.07) is 9.50. The Hall–Kier alpha value is -3.49. The molecular formula is C18H19N7O2. The molecule has 138 valence electrons. The average molecular weight is 365 g/mol. The van der Waals surface area contributed by atoms with Crippen LogP contribution in [0.15, 0.2) is 49.3 Å². The molecule has 3 heterocycles. The summed E-state index contributed by atoms with van der Waals surface area (Å²) < 4.78 is 6.77. The number of methoxy groups -OCH3 is 1. The van der Waals surface area contributed by atoms with Gasteiger partial charge >= 0.3 is 0 Å². The molecule has 1 saturated heterocycles. The predicted molar refractivity (Wildman–Crippen MR) is 97.5 cm³/mol. The van der Waals surface area contributed by atoms with Crippen molar-refractivity contribution in [3.8, 4) is 11.6 Å². The van der Waals surface area contributed by atoms with Gasteiger partial charge in [-0.2, -0.15) is 5.10 Å². The highest BCUT2D eigenvalue weighted by molar-refractivity contribution is 5.81. The van der Waals surface area contributed by atoms with Crippen LogP contribution in [0.5, 0.6) is 5.75 Å². The largest absolute Gasteiger partial charge is 0.497 e. The molecule has 0 unspecified atom stereocenters. The number of ether oxygens (including phenoxy) is 1. The molecule has 3 aromatic rings. The molecule has 1 fully saturated rings. The summed E-state index contributed by atoms with van der Waals surface area (Å²) in [6.45, 7) is 1.73. The summed E-state index contributed by atoms with van der Waals surface area (Å²) in [5, 5.41) is 7.04. The maximum atomic E-state index is 12.4. The zero-order chi connectivity index (χ0) is 18.6. The molecule has 0 bridgehead atoms. The number of nitrogens with one attached hydrogen (secondary N) is 1. The number of benzene rings is 1. The van der Waals surface area contributed by atoms with Crippen molar-refractivity contribution in [3.05, 3.63) is 54.9 Å². The Labute approximate surface area is 156 Å². The first kappa shape index (κ1) is 17.0. The highest BCUT2D eigenvalue weighted by Crippen LogP contribution is 2.23. The van der Waals surface area contributed by atoms with E-state index in [0.717, 1.165) is 17.1 Å². The van der Waals surface area contributed by atoms with Gasteiger partial charge in [0.25, 0.3) is 0 Å². The van der Waals surface area contributed by atoms with Gasteiger partial charge in [-0.05, 0) is 17.7 Å². The zero-order valence-corrected chi connectivity index (χ0v) is 14.8. The fraction of sp³-hybridized carbons (Fsp3) is 0.278. The van der Waals surface area contributed by atoms with Crippen LogP contribution in [0.3, 0.4) is 0 Å². The summed E-state index contributed by atoms with van der Waals surface area (Å²) >= 11 is 0. The molecule has 1 aliphatic heterocycles. The Morgan fingerprint density at radius 2 is 2.07 bits per heavy atom. The molecule has 9 heteroatoms. The van der Waals surface area contributed by atoms with Crippen molar-refractivity contribution in [1.29, 1.82) is 0 Å². The van der Waals surface area contributed by atoms with Crippen molar-refractivity contribution in [1.82, 2.24) is 30.0 Å². The van der Waals surface area contributed by atoms with Gasteiger partial charge in [-0.3, -0.25) is 4.79 Å². The Morgan fingerprint density at radius 1 is 1.22 bits per heavy atom. The number of aromatic nitrogens is 5. The molecule has 1 amide bonds. The van der Waals surface area contributed by atoms with Gasteiger partial charge in [-0.25, -0.2) is 19.6 Å². The van der Waals surface area contributed by atoms with Crippen LogP contribution < -0.4 is 15.0 Å². The maximum absolute atomic E-state index is 12.4. The van der Waals surface area contributed by atoms with Crippen LogP contribution in [0.1, 0.15) is 5.56 Å². The van der Waals surface area contributed by atoms with Gasteiger partial charge in [-0.1, -0.05) is 12.1 Å². The standard InChI is InChI=1S/C18H19N7O2/c1-27-15-4-2-3-13(5-15)7-20-18(26)14-8-24(9-14)16-6-17(22-11-21-16)25-12-19-10-23-25/h2-6,10-12,14H,7-9H2,1H3,(H,20,26). The molecule has 1 aliphatic rings. The fourth-order valence-electron chi connectivity index (χ4n) is 2.91. The molecule has 0 radical (unpaired) electrons. The third-order valence-corrected chi connectivity index (χ3v) is 4.47. The first-order valence-electron chi connectivity index (χ1n) is 8.55. The van der Waals surface area contributed by atoms with E-state index in [4.69, 9.17) is 4.74 Å². The monoisotopic (exact) mass is 365 g/mol. The van der Waals surface area contributed by atoms with E-state index in [9.17, 15) is 4.79 Å². The first-order chi connectivity index (χ1) is 13.2. The molecule has 2 aromatic heterocycles. The van der Waals surface area contributed by atoms with E-state index in [1.807, 2.05) is 35.2 Å². The Balaban J connectivity index is 1.31. The van der Waals surface area contributed by atoms with Crippen molar-refractivity contribution >= 4 is 11.7 Å². The maximum Gasteiger partial charge on any atom is 0.226 e. The first-order valence-corrected chi connectivity index (χ1v) is 8.55. The van der Waals surface area contributed by atoms with Crippen molar-refractivity contribution in [2.75, 3.05) is 25.1 Å². The van der Waals surface area contributed by atoms with Crippen LogP contribution in [0.4, 0.5) is 5.82 Å². The summed E-state index contributed by atoms with van der Waals surface area (Å²) in [7, 11) is 1.63. The number of carbonyl (C=O) groups excluding carboxylic acids is 1. The second-order valence-electron chi connectivity index (χ2n) is 6.25. The molecular weight excluding hydrogens is 346 g/mol. The summed E-state index contributed by atoms with van der Waals surface area (Å²) in [4.78, 5) is 26.8. The van der Waals surface area contributed by atoms with E-state index in [-0.39, 0.29) is 11.8 Å². The SMILES string of the molecule is COc1cccc(CNC(=O)C2CN(c3cc(-n4cncn4)ncn3)C2)c1. The van der Waals surface area contributed by atoms with E-state index in [1.165, 1.54) is 12.7 Å². The average Bonchev–Trinajstić information content (AvgIpc) is 3.20. The molecule has 4 rings (SSSR count). The third-order valence-electron chi connectivity index (χ3n) is 4.47. The lowest BCUT2D eigenvalue weighted by atomic mass is 9.99. The van der Waals surface area contributed by atoms with E-state index in [2.05, 4.69) is 25.4 Å². The van der Waals surface area contributed by atoms with E-state index < -0.39 is 0 Å².